The maximum atomic E-state index is 12.5. The normalized spacial score (nSPS) is 14.9. The van der Waals surface area contributed by atoms with E-state index in [0.717, 1.165) is 38.8 Å². The second-order valence-corrected chi connectivity index (χ2v) is 7.39. The van der Waals surface area contributed by atoms with E-state index in [1.165, 1.54) is 6.20 Å². The van der Waals surface area contributed by atoms with Gasteiger partial charge in [0.2, 0.25) is 11.8 Å². The highest BCUT2D eigenvalue weighted by molar-refractivity contribution is 5.88. The molecule has 0 saturated carbocycles. The van der Waals surface area contributed by atoms with Crippen molar-refractivity contribution in [3.05, 3.63) is 17.5 Å². The van der Waals surface area contributed by atoms with Crippen molar-refractivity contribution in [2.75, 3.05) is 26.2 Å². The molecule has 1 saturated heterocycles. The summed E-state index contributed by atoms with van der Waals surface area (Å²) in [5, 5.41) is 13.4. The number of piperidine rings is 1. The van der Waals surface area contributed by atoms with Gasteiger partial charge in [0.1, 0.15) is 5.56 Å². The Labute approximate surface area is 166 Å². The molecular weight excluding hydrogens is 360 g/mol. The quantitative estimate of drug-likeness (QED) is 0.696. The van der Waals surface area contributed by atoms with Crippen LogP contribution in [0.1, 0.15) is 74.5 Å². The number of carbonyl (C=O) groups excluding carboxylic acids is 2. The molecule has 0 aromatic carbocycles. The maximum absolute atomic E-state index is 12.5. The molecule has 1 N–H and O–H groups in total. The summed E-state index contributed by atoms with van der Waals surface area (Å²) in [5.74, 6) is -0.898. The van der Waals surface area contributed by atoms with Crippen molar-refractivity contribution in [3.63, 3.8) is 0 Å². The number of carboxylic acids is 1. The van der Waals surface area contributed by atoms with Crippen LogP contribution in [0.15, 0.2) is 6.20 Å². The molecular formula is C20H32N4O4. The van der Waals surface area contributed by atoms with Crippen LogP contribution >= 0.6 is 0 Å². The van der Waals surface area contributed by atoms with Gasteiger partial charge in [-0.25, -0.2) is 4.79 Å². The third-order valence-corrected chi connectivity index (χ3v) is 5.33. The van der Waals surface area contributed by atoms with E-state index in [1.807, 2.05) is 23.6 Å². The number of hydrogen-bond acceptors (Lipinski definition) is 4. The lowest BCUT2D eigenvalue weighted by Crippen LogP contribution is -2.40. The van der Waals surface area contributed by atoms with Crippen LogP contribution in [0.2, 0.25) is 0 Å². The zero-order valence-electron chi connectivity index (χ0n) is 17.2. The standard InChI is InChI=1S/C20H32N4O4/c1-4-10-22(11-5-2)18(25)6-7-19(26)23-12-8-16(9-13-23)24-15(3)17(14-21-24)20(27)28/h14,16H,4-13H2,1-3H3,(H,27,28). The molecule has 1 aromatic rings. The molecule has 8 nitrogen and oxygen atoms in total. The molecule has 2 rings (SSSR count). The van der Waals surface area contributed by atoms with Crippen LogP contribution in [-0.4, -0.2) is 68.6 Å². The molecule has 28 heavy (non-hydrogen) atoms. The fraction of sp³-hybridized carbons (Fsp3) is 0.700. The van der Waals surface area contributed by atoms with Gasteiger partial charge in [0.15, 0.2) is 0 Å². The third-order valence-electron chi connectivity index (χ3n) is 5.33. The zero-order chi connectivity index (χ0) is 20.7. The highest BCUT2D eigenvalue weighted by atomic mass is 16.4. The Bertz CT molecular complexity index is 686. The lowest BCUT2D eigenvalue weighted by molar-refractivity contribution is -0.137. The molecule has 0 aliphatic carbocycles. The van der Waals surface area contributed by atoms with Gasteiger partial charge in [-0.1, -0.05) is 13.8 Å². The highest BCUT2D eigenvalue weighted by Crippen LogP contribution is 2.25. The van der Waals surface area contributed by atoms with Crippen molar-refractivity contribution in [2.24, 2.45) is 0 Å². The van der Waals surface area contributed by atoms with E-state index in [2.05, 4.69) is 5.10 Å². The third kappa shape index (κ3) is 5.33. The number of hydrogen-bond donors (Lipinski definition) is 1. The van der Waals surface area contributed by atoms with E-state index >= 15 is 0 Å². The first-order valence-electron chi connectivity index (χ1n) is 10.2. The van der Waals surface area contributed by atoms with Crippen LogP contribution in [0.5, 0.6) is 0 Å². The number of likely N-dealkylation sites (tertiary alicyclic amines) is 1. The number of rotatable bonds is 9. The number of carbonyl (C=O) groups is 3. The van der Waals surface area contributed by atoms with Crippen molar-refractivity contribution < 1.29 is 19.5 Å². The molecule has 1 aromatic heterocycles. The predicted molar refractivity (Wildman–Crippen MR) is 105 cm³/mol. The Morgan fingerprint density at radius 2 is 1.75 bits per heavy atom. The van der Waals surface area contributed by atoms with E-state index in [0.29, 0.717) is 18.8 Å². The Morgan fingerprint density at radius 3 is 2.25 bits per heavy atom. The summed E-state index contributed by atoms with van der Waals surface area (Å²) in [6.45, 7) is 8.55. The fourth-order valence-electron chi connectivity index (χ4n) is 3.79. The molecule has 0 radical (unpaired) electrons. The van der Waals surface area contributed by atoms with E-state index in [9.17, 15) is 14.4 Å². The monoisotopic (exact) mass is 392 g/mol. The molecule has 1 fully saturated rings. The van der Waals surface area contributed by atoms with E-state index in [-0.39, 0.29) is 36.3 Å². The number of amides is 2. The van der Waals surface area contributed by atoms with Crippen LogP contribution in [0.25, 0.3) is 0 Å². The van der Waals surface area contributed by atoms with Crippen molar-refractivity contribution >= 4 is 17.8 Å². The number of nitrogens with zero attached hydrogens (tertiary/aromatic N) is 4. The first-order chi connectivity index (χ1) is 13.4. The minimum Gasteiger partial charge on any atom is -0.478 e. The van der Waals surface area contributed by atoms with E-state index in [1.54, 1.807) is 11.6 Å². The van der Waals surface area contributed by atoms with Crippen molar-refractivity contribution in [1.82, 2.24) is 19.6 Å². The largest absolute Gasteiger partial charge is 0.478 e. The zero-order valence-corrected chi connectivity index (χ0v) is 17.2. The minimum absolute atomic E-state index is 0.0168. The van der Waals surface area contributed by atoms with Gasteiger partial charge in [-0.15, -0.1) is 0 Å². The molecule has 1 aliphatic rings. The van der Waals surface area contributed by atoms with Gasteiger partial charge < -0.3 is 14.9 Å². The minimum atomic E-state index is -0.971. The van der Waals surface area contributed by atoms with Crippen LogP contribution in [-0.2, 0) is 9.59 Å². The Morgan fingerprint density at radius 1 is 1.14 bits per heavy atom. The van der Waals surface area contributed by atoms with E-state index in [4.69, 9.17) is 5.11 Å². The summed E-state index contributed by atoms with van der Waals surface area (Å²) in [5.41, 5.74) is 0.871. The molecule has 2 heterocycles. The summed E-state index contributed by atoms with van der Waals surface area (Å²) in [6.07, 6.45) is 5.21. The van der Waals surface area contributed by atoms with E-state index < -0.39 is 5.97 Å². The molecule has 1 aliphatic heterocycles. The Hall–Kier alpha value is -2.38. The SMILES string of the molecule is CCCN(CCC)C(=O)CCC(=O)N1CCC(n2ncc(C(=O)O)c2C)CC1. The number of aromatic carboxylic acids is 1. The topological polar surface area (TPSA) is 95.7 Å². The maximum Gasteiger partial charge on any atom is 0.339 e. The second kappa shape index (κ2) is 10.2. The lowest BCUT2D eigenvalue weighted by atomic mass is 10.0. The Kier molecular flexibility index (Phi) is 8.02. The fourth-order valence-corrected chi connectivity index (χ4v) is 3.79. The van der Waals surface area contributed by atoms with Crippen LogP contribution in [0, 0.1) is 6.92 Å². The summed E-state index contributed by atoms with van der Waals surface area (Å²) < 4.78 is 1.77. The summed E-state index contributed by atoms with van der Waals surface area (Å²) in [6, 6.07) is 0.100. The van der Waals surface area contributed by atoms with Crippen molar-refractivity contribution in [1.29, 1.82) is 0 Å². The predicted octanol–water partition coefficient (Wildman–Crippen LogP) is 2.48. The highest BCUT2D eigenvalue weighted by Gasteiger charge is 2.27. The molecule has 0 bridgehead atoms. The summed E-state index contributed by atoms with van der Waals surface area (Å²) in [4.78, 5) is 39.7. The second-order valence-electron chi connectivity index (χ2n) is 7.39. The van der Waals surface area contributed by atoms with Gasteiger partial charge >= 0.3 is 5.97 Å². The van der Waals surface area contributed by atoms with Gasteiger partial charge in [-0.2, -0.15) is 5.10 Å². The molecule has 0 spiro atoms. The molecule has 0 atom stereocenters. The number of carboxylic acid groups (broad SMARTS) is 1. The van der Waals surface area contributed by atoms with Gasteiger partial charge in [0, 0.05) is 39.0 Å². The van der Waals surface area contributed by atoms with Crippen LogP contribution < -0.4 is 0 Å². The van der Waals surface area contributed by atoms with Crippen LogP contribution in [0.3, 0.4) is 0 Å². The average Bonchev–Trinajstić information content (AvgIpc) is 3.07. The Balaban J connectivity index is 1.83. The van der Waals surface area contributed by atoms with Crippen molar-refractivity contribution in [3.8, 4) is 0 Å². The van der Waals surface area contributed by atoms with Gasteiger partial charge in [0.05, 0.1) is 17.9 Å². The molecule has 8 heteroatoms. The summed E-state index contributed by atoms with van der Waals surface area (Å²) in [7, 11) is 0. The first kappa shape index (κ1) is 21.9. The van der Waals surface area contributed by atoms with Crippen LogP contribution in [0.4, 0.5) is 0 Å². The van der Waals surface area contributed by atoms with Gasteiger partial charge in [-0.05, 0) is 32.6 Å². The molecule has 156 valence electrons. The lowest BCUT2D eigenvalue weighted by Gasteiger charge is -2.33. The number of aromatic nitrogens is 2. The van der Waals surface area contributed by atoms with Gasteiger partial charge in [0.25, 0.3) is 0 Å². The summed E-state index contributed by atoms with van der Waals surface area (Å²) >= 11 is 0. The smallest absolute Gasteiger partial charge is 0.339 e. The molecule has 0 unspecified atom stereocenters. The molecule has 2 amide bonds. The first-order valence-corrected chi connectivity index (χ1v) is 10.2. The average molecular weight is 393 g/mol. The van der Waals surface area contributed by atoms with Gasteiger partial charge in [-0.3, -0.25) is 14.3 Å². The van der Waals surface area contributed by atoms with Crippen molar-refractivity contribution in [2.45, 2.75) is 65.3 Å².